The zero-order valence-electron chi connectivity index (χ0n) is 11.5. The Labute approximate surface area is 114 Å². The molecule has 19 heavy (non-hydrogen) atoms. The van der Waals surface area contributed by atoms with E-state index in [1.165, 1.54) is 12.8 Å². The number of nitrogens with zero attached hydrogens (tertiary/aromatic N) is 1. The van der Waals surface area contributed by atoms with Crippen molar-refractivity contribution >= 4 is 16.7 Å². The van der Waals surface area contributed by atoms with Crippen LogP contribution in [0.25, 0.3) is 10.8 Å². The molecule has 1 atom stereocenters. The van der Waals surface area contributed by atoms with Gasteiger partial charge in [0.25, 0.3) is 5.91 Å². The molecule has 0 aromatic heterocycles. The first kappa shape index (κ1) is 12.2. The van der Waals surface area contributed by atoms with E-state index in [0.29, 0.717) is 12.0 Å². The SMILES string of the molecule is CC(C1CC1)N(C)C(=O)c1cccc2ccccc12. The highest BCUT2D eigenvalue weighted by Crippen LogP contribution is 2.35. The predicted molar refractivity (Wildman–Crippen MR) is 78.2 cm³/mol. The van der Waals surface area contributed by atoms with E-state index in [2.05, 4.69) is 19.1 Å². The summed E-state index contributed by atoms with van der Waals surface area (Å²) >= 11 is 0. The fourth-order valence-electron chi connectivity index (χ4n) is 2.68. The van der Waals surface area contributed by atoms with E-state index >= 15 is 0 Å². The molecule has 1 aliphatic carbocycles. The third-order valence-corrected chi connectivity index (χ3v) is 4.26. The summed E-state index contributed by atoms with van der Waals surface area (Å²) in [5.74, 6) is 0.833. The lowest BCUT2D eigenvalue weighted by Gasteiger charge is -2.25. The average Bonchev–Trinajstić information content (AvgIpc) is 3.29. The molecule has 0 heterocycles. The second-order valence-electron chi connectivity index (χ2n) is 5.52. The number of carbonyl (C=O) groups excluding carboxylic acids is 1. The largest absolute Gasteiger partial charge is 0.339 e. The monoisotopic (exact) mass is 253 g/mol. The van der Waals surface area contributed by atoms with Crippen LogP contribution in [0.3, 0.4) is 0 Å². The maximum Gasteiger partial charge on any atom is 0.254 e. The van der Waals surface area contributed by atoms with Crippen molar-refractivity contribution in [1.29, 1.82) is 0 Å². The minimum absolute atomic E-state index is 0.135. The Morgan fingerprint density at radius 1 is 1.16 bits per heavy atom. The molecule has 0 spiro atoms. The van der Waals surface area contributed by atoms with Crippen molar-refractivity contribution in [3.05, 3.63) is 48.0 Å². The number of amides is 1. The van der Waals surface area contributed by atoms with Gasteiger partial charge in [-0.15, -0.1) is 0 Å². The molecule has 2 nitrogen and oxygen atoms in total. The smallest absolute Gasteiger partial charge is 0.254 e. The first-order valence-electron chi connectivity index (χ1n) is 6.93. The van der Waals surface area contributed by atoms with Gasteiger partial charge in [-0.2, -0.15) is 0 Å². The lowest BCUT2D eigenvalue weighted by Crippen LogP contribution is -2.36. The van der Waals surface area contributed by atoms with Crippen molar-refractivity contribution in [1.82, 2.24) is 4.90 Å². The molecular weight excluding hydrogens is 234 g/mol. The number of hydrogen-bond donors (Lipinski definition) is 0. The van der Waals surface area contributed by atoms with E-state index in [1.807, 2.05) is 42.3 Å². The lowest BCUT2D eigenvalue weighted by molar-refractivity contribution is 0.0729. The van der Waals surface area contributed by atoms with Crippen molar-refractivity contribution in [3.63, 3.8) is 0 Å². The van der Waals surface area contributed by atoms with Crippen molar-refractivity contribution in [2.45, 2.75) is 25.8 Å². The first-order chi connectivity index (χ1) is 9.18. The Morgan fingerprint density at radius 3 is 2.58 bits per heavy atom. The summed E-state index contributed by atoms with van der Waals surface area (Å²) in [6.45, 7) is 2.15. The Hall–Kier alpha value is -1.83. The van der Waals surface area contributed by atoms with Gasteiger partial charge in [-0.1, -0.05) is 36.4 Å². The quantitative estimate of drug-likeness (QED) is 0.816. The van der Waals surface area contributed by atoms with Gasteiger partial charge >= 0.3 is 0 Å². The van der Waals surface area contributed by atoms with Gasteiger partial charge in [0.2, 0.25) is 0 Å². The molecule has 0 N–H and O–H groups in total. The molecule has 2 aromatic carbocycles. The van der Waals surface area contributed by atoms with Crippen LogP contribution in [0.4, 0.5) is 0 Å². The maximum atomic E-state index is 12.7. The number of rotatable bonds is 3. The van der Waals surface area contributed by atoms with Crippen molar-refractivity contribution in [3.8, 4) is 0 Å². The number of benzene rings is 2. The Kier molecular flexibility index (Phi) is 3.02. The minimum Gasteiger partial charge on any atom is -0.339 e. The highest BCUT2D eigenvalue weighted by molar-refractivity contribution is 6.07. The summed E-state index contributed by atoms with van der Waals surface area (Å²) in [4.78, 5) is 14.6. The van der Waals surface area contributed by atoms with Crippen LogP contribution in [0, 0.1) is 5.92 Å². The highest BCUT2D eigenvalue weighted by Gasteiger charge is 2.32. The molecule has 1 aliphatic rings. The van der Waals surface area contributed by atoms with Crippen molar-refractivity contribution < 1.29 is 4.79 Å². The second kappa shape index (κ2) is 4.69. The standard InChI is InChI=1S/C17H19NO/c1-12(13-10-11-13)18(2)17(19)16-9-5-7-14-6-3-4-8-15(14)16/h3-9,12-13H,10-11H2,1-2H3. The Balaban J connectivity index is 1.97. The molecule has 98 valence electrons. The molecule has 0 radical (unpaired) electrons. The Morgan fingerprint density at radius 2 is 1.84 bits per heavy atom. The molecule has 1 saturated carbocycles. The van der Waals surface area contributed by atoms with E-state index in [9.17, 15) is 4.79 Å². The van der Waals surface area contributed by atoms with Crippen LogP contribution < -0.4 is 0 Å². The summed E-state index contributed by atoms with van der Waals surface area (Å²) in [6, 6.07) is 14.4. The van der Waals surface area contributed by atoms with Crippen molar-refractivity contribution in [2.75, 3.05) is 7.05 Å². The summed E-state index contributed by atoms with van der Waals surface area (Å²) < 4.78 is 0. The molecule has 2 heteroatoms. The van der Waals surface area contributed by atoms with E-state index in [1.54, 1.807) is 0 Å². The van der Waals surface area contributed by atoms with Crippen LogP contribution >= 0.6 is 0 Å². The molecular formula is C17H19NO. The number of hydrogen-bond acceptors (Lipinski definition) is 1. The lowest BCUT2D eigenvalue weighted by atomic mass is 10.0. The molecule has 1 unspecified atom stereocenters. The predicted octanol–water partition coefficient (Wildman–Crippen LogP) is 3.71. The summed E-state index contributed by atoms with van der Waals surface area (Å²) in [5.41, 5.74) is 0.813. The molecule has 2 aromatic rings. The van der Waals surface area contributed by atoms with E-state index in [4.69, 9.17) is 0 Å². The van der Waals surface area contributed by atoms with Crippen LogP contribution in [0.5, 0.6) is 0 Å². The summed E-state index contributed by atoms with van der Waals surface area (Å²) in [5, 5.41) is 2.17. The van der Waals surface area contributed by atoms with Gasteiger partial charge in [0.1, 0.15) is 0 Å². The average molecular weight is 253 g/mol. The fraction of sp³-hybridized carbons (Fsp3) is 0.353. The van der Waals surface area contributed by atoms with Gasteiger partial charge in [0, 0.05) is 18.7 Å². The first-order valence-corrected chi connectivity index (χ1v) is 6.93. The molecule has 3 rings (SSSR count). The van der Waals surface area contributed by atoms with Crippen molar-refractivity contribution in [2.24, 2.45) is 5.92 Å². The van der Waals surface area contributed by atoms with Gasteiger partial charge < -0.3 is 4.90 Å². The van der Waals surface area contributed by atoms with Gasteiger partial charge in [-0.05, 0) is 42.5 Å². The van der Waals surface area contributed by atoms with Gasteiger partial charge in [-0.3, -0.25) is 4.79 Å². The molecule has 0 aliphatic heterocycles. The molecule has 1 fully saturated rings. The fourth-order valence-corrected chi connectivity index (χ4v) is 2.68. The van der Waals surface area contributed by atoms with Gasteiger partial charge in [0.15, 0.2) is 0 Å². The van der Waals surface area contributed by atoms with Gasteiger partial charge in [-0.25, -0.2) is 0 Å². The Bertz CT molecular complexity index is 610. The van der Waals surface area contributed by atoms with Crippen LogP contribution in [-0.4, -0.2) is 23.9 Å². The van der Waals surface area contributed by atoms with Crippen LogP contribution in [0.1, 0.15) is 30.1 Å². The molecule has 0 saturated heterocycles. The van der Waals surface area contributed by atoms with Crippen LogP contribution in [0.2, 0.25) is 0 Å². The number of fused-ring (bicyclic) bond motifs is 1. The molecule has 1 amide bonds. The normalized spacial score (nSPS) is 16.3. The zero-order valence-corrected chi connectivity index (χ0v) is 11.5. The highest BCUT2D eigenvalue weighted by atomic mass is 16.2. The van der Waals surface area contributed by atoms with E-state index in [0.717, 1.165) is 16.3 Å². The van der Waals surface area contributed by atoms with Crippen LogP contribution in [-0.2, 0) is 0 Å². The zero-order chi connectivity index (χ0) is 13.4. The topological polar surface area (TPSA) is 20.3 Å². The summed E-state index contributed by atoms with van der Waals surface area (Å²) in [6.07, 6.45) is 2.52. The maximum absolute atomic E-state index is 12.7. The minimum atomic E-state index is 0.135. The second-order valence-corrected chi connectivity index (χ2v) is 5.52. The van der Waals surface area contributed by atoms with Gasteiger partial charge in [0.05, 0.1) is 0 Å². The van der Waals surface area contributed by atoms with Crippen LogP contribution in [0.15, 0.2) is 42.5 Å². The third-order valence-electron chi connectivity index (χ3n) is 4.26. The van der Waals surface area contributed by atoms with E-state index in [-0.39, 0.29) is 5.91 Å². The third kappa shape index (κ3) is 2.23. The van der Waals surface area contributed by atoms with E-state index < -0.39 is 0 Å². The summed E-state index contributed by atoms with van der Waals surface area (Å²) in [7, 11) is 1.92. The molecule has 0 bridgehead atoms. The number of carbonyl (C=O) groups is 1.